The maximum Gasteiger partial charge on any atom is 0.232 e. The fourth-order valence-electron chi connectivity index (χ4n) is 4.25. The van der Waals surface area contributed by atoms with Crippen LogP contribution < -0.4 is 10.2 Å². The predicted molar refractivity (Wildman–Crippen MR) is 125 cm³/mol. The Labute approximate surface area is 184 Å². The molecule has 1 amide bonds. The molecule has 0 radical (unpaired) electrons. The van der Waals surface area contributed by atoms with Crippen molar-refractivity contribution in [2.75, 3.05) is 37.6 Å². The number of benzene rings is 2. The molecule has 4 rings (SSSR count). The molecule has 0 bridgehead atoms. The summed E-state index contributed by atoms with van der Waals surface area (Å²) < 4.78 is 0. The smallest absolute Gasteiger partial charge is 0.232 e. The van der Waals surface area contributed by atoms with Gasteiger partial charge in [0.1, 0.15) is 5.82 Å². The molecule has 2 heterocycles. The summed E-state index contributed by atoms with van der Waals surface area (Å²) in [5, 5.41) is 3.26. The van der Waals surface area contributed by atoms with Crippen LogP contribution in [0.3, 0.4) is 0 Å². The van der Waals surface area contributed by atoms with Crippen molar-refractivity contribution in [3.05, 3.63) is 96.2 Å². The second-order valence-electron chi connectivity index (χ2n) is 8.14. The molecule has 1 aliphatic rings. The third-order valence-electron chi connectivity index (χ3n) is 5.79. The van der Waals surface area contributed by atoms with E-state index in [0.717, 1.165) is 49.7 Å². The van der Waals surface area contributed by atoms with Gasteiger partial charge in [0.25, 0.3) is 0 Å². The number of carbonyl (C=O) groups is 1. The van der Waals surface area contributed by atoms with Crippen molar-refractivity contribution < 1.29 is 4.79 Å². The summed E-state index contributed by atoms with van der Waals surface area (Å²) in [5.74, 6) is 0.792. The molecule has 3 aromatic rings. The zero-order chi connectivity index (χ0) is 21.5. The predicted octanol–water partition coefficient (Wildman–Crippen LogP) is 3.54. The Hall–Kier alpha value is -3.18. The Morgan fingerprint density at radius 1 is 0.871 bits per heavy atom. The van der Waals surface area contributed by atoms with Crippen molar-refractivity contribution in [1.29, 1.82) is 0 Å². The molecule has 0 saturated carbocycles. The van der Waals surface area contributed by atoms with Gasteiger partial charge in [-0.15, -0.1) is 0 Å². The first-order valence-corrected chi connectivity index (χ1v) is 11.0. The van der Waals surface area contributed by atoms with Crippen LogP contribution in [0.4, 0.5) is 5.82 Å². The van der Waals surface area contributed by atoms with Gasteiger partial charge in [0.2, 0.25) is 5.91 Å². The summed E-state index contributed by atoms with van der Waals surface area (Å²) in [7, 11) is 0. The summed E-state index contributed by atoms with van der Waals surface area (Å²) in [6.45, 7) is 6.78. The number of carbonyl (C=O) groups excluding carboxylic acids is 1. The first kappa shape index (κ1) is 21.1. The Balaban J connectivity index is 1.35. The van der Waals surface area contributed by atoms with Crippen LogP contribution in [0.25, 0.3) is 0 Å². The summed E-state index contributed by atoms with van der Waals surface area (Å²) >= 11 is 0. The molecule has 1 atom stereocenters. The molecule has 160 valence electrons. The Kier molecular flexibility index (Phi) is 6.95. The average Bonchev–Trinajstić information content (AvgIpc) is 2.82. The number of rotatable bonds is 7. The van der Waals surface area contributed by atoms with Gasteiger partial charge in [0.05, 0.1) is 5.92 Å². The van der Waals surface area contributed by atoms with Crippen LogP contribution in [-0.4, -0.2) is 54.6 Å². The van der Waals surface area contributed by atoms with Crippen LogP contribution in [-0.2, 0) is 4.79 Å². The van der Waals surface area contributed by atoms with E-state index < -0.39 is 0 Å². The zero-order valence-electron chi connectivity index (χ0n) is 18.0. The molecule has 0 spiro atoms. The Morgan fingerprint density at radius 3 is 2.00 bits per heavy atom. The Bertz CT molecular complexity index is 901. The first-order chi connectivity index (χ1) is 15.2. The molecule has 1 aliphatic heterocycles. The summed E-state index contributed by atoms with van der Waals surface area (Å²) in [5.41, 5.74) is 2.03. The van der Waals surface area contributed by atoms with Gasteiger partial charge in [-0.05, 0) is 30.2 Å². The van der Waals surface area contributed by atoms with E-state index in [-0.39, 0.29) is 17.9 Å². The van der Waals surface area contributed by atoms with Gasteiger partial charge in [-0.25, -0.2) is 4.98 Å². The maximum atomic E-state index is 13.3. The largest absolute Gasteiger partial charge is 0.354 e. The van der Waals surface area contributed by atoms with Crippen molar-refractivity contribution in [2.24, 2.45) is 0 Å². The minimum Gasteiger partial charge on any atom is -0.354 e. The van der Waals surface area contributed by atoms with E-state index in [2.05, 4.69) is 33.1 Å². The Morgan fingerprint density at radius 2 is 1.45 bits per heavy atom. The lowest BCUT2D eigenvalue weighted by atomic mass is 9.90. The fourth-order valence-corrected chi connectivity index (χ4v) is 4.25. The molecular weight excluding hydrogens is 384 g/mol. The quantitative estimate of drug-likeness (QED) is 0.643. The highest BCUT2D eigenvalue weighted by Crippen LogP contribution is 2.25. The summed E-state index contributed by atoms with van der Waals surface area (Å²) in [6, 6.07) is 26.1. The van der Waals surface area contributed by atoms with Crippen LogP contribution in [0.5, 0.6) is 0 Å². The number of nitrogens with one attached hydrogen (secondary N) is 1. The number of aromatic nitrogens is 1. The van der Waals surface area contributed by atoms with Gasteiger partial charge in [-0.3, -0.25) is 9.69 Å². The molecule has 1 aromatic heterocycles. The van der Waals surface area contributed by atoms with Gasteiger partial charge < -0.3 is 10.2 Å². The number of piperazine rings is 1. The average molecular weight is 415 g/mol. The van der Waals surface area contributed by atoms with Crippen LogP contribution >= 0.6 is 0 Å². The van der Waals surface area contributed by atoms with Crippen molar-refractivity contribution in [1.82, 2.24) is 15.2 Å². The van der Waals surface area contributed by atoms with E-state index in [9.17, 15) is 4.79 Å². The van der Waals surface area contributed by atoms with Crippen molar-refractivity contribution in [3.63, 3.8) is 0 Å². The topological polar surface area (TPSA) is 48.5 Å². The second-order valence-corrected chi connectivity index (χ2v) is 8.14. The van der Waals surface area contributed by atoms with Gasteiger partial charge in [-0.2, -0.15) is 0 Å². The van der Waals surface area contributed by atoms with Crippen molar-refractivity contribution in [2.45, 2.75) is 18.9 Å². The second kappa shape index (κ2) is 10.2. The van der Waals surface area contributed by atoms with Crippen LogP contribution in [0, 0.1) is 0 Å². The van der Waals surface area contributed by atoms with E-state index in [1.54, 1.807) is 0 Å². The van der Waals surface area contributed by atoms with Crippen molar-refractivity contribution in [3.8, 4) is 0 Å². The normalized spacial score (nSPS) is 15.6. The highest BCUT2D eigenvalue weighted by Gasteiger charge is 2.25. The lowest BCUT2D eigenvalue weighted by Crippen LogP contribution is -2.51. The number of nitrogens with zero attached hydrogens (tertiary/aromatic N) is 3. The maximum absolute atomic E-state index is 13.3. The number of hydrogen-bond donors (Lipinski definition) is 1. The zero-order valence-corrected chi connectivity index (χ0v) is 18.0. The molecule has 1 unspecified atom stereocenters. The van der Waals surface area contributed by atoms with Gasteiger partial charge >= 0.3 is 0 Å². The summed E-state index contributed by atoms with van der Waals surface area (Å²) in [6.07, 6.45) is 1.84. The van der Waals surface area contributed by atoms with Gasteiger partial charge in [-0.1, -0.05) is 66.7 Å². The minimum atomic E-state index is -0.300. The van der Waals surface area contributed by atoms with E-state index in [1.165, 1.54) is 0 Å². The number of amides is 1. The third kappa shape index (κ3) is 5.50. The molecule has 5 heteroatoms. The molecule has 1 N–H and O–H groups in total. The minimum absolute atomic E-state index is 0.0528. The first-order valence-electron chi connectivity index (χ1n) is 11.0. The molecule has 31 heavy (non-hydrogen) atoms. The van der Waals surface area contributed by atoms with Crippen LogP contribution in [0.2, 0.25) is 0 Å². The number of hydrogen-bond acceptors (Lipinski definition) is 4. The van der Waals surface area contributed by atoms with E-state index in [0.29, 0.717) is 0 Å². The molecule has 2 aromatic carbocycles. The fraction of sp³-hybridized carbons (Fsp3) is 0.308. The van der Waals surface area contributed by atoms with Gasteiger partial charge in [0.15, 0.2) is 0 Å². The highest BCUT2D eigenvalue weighted by atomic mass is 16.2. The SMILES string of the molecule is CC(CN1CCN(c2ccccn2)CC1)NC(=O)C(c1ccccc1)c1ccccc1. The highest BCUT2D eigenvalue weighted by molar-refractivity contribution is 5.87. The lowest BCUT2D eigenvalue weighted by molar-refractivity contribution is -0.122. The van der Waals surface area contributed by atoms with E-state index in [4.69, 9.17) is 0 Å². The van der Waals surface area contributed by atoms with Crippen molar-refractivity contribution >= 4 is 11.7 Å². The molecule has 1 fully saturated rings. The standard InChI is InChI=1S/C26H30N4O/c1-21(20-29-16-18-30(19-17-29)24-14-8-9-15-27-24)28-26(31)25(22-10-4-2-5-11-22)23-12-6-3-7-13-23/h2-15,21,25H,16-20H2,1H3,(H,28,31). The number of pyridine rings is 1. The van der Waals surface area contributed by atoms with E-state index >= 15 is 0 Å². The molecule has 5 nitrogen and oxygen atoms in total. The van der Waals surface area contributed by atoms with Crippen LogP contribution in [0.15, 0.2) is 85.1 Å². The van der Waals surface area contributed by atoms with E-state index in [1.807, 2.05) is 79.0 Å². The number of anilines is 1. The molecular formula is C26H30N4O. The lowest BCUT2D eigenvalue weighted by Gasteiger charge is -2.36. The molecule has 0 aliphatic carbocycles. The van der Waals surface area contributed by atoms with Crippen LogP contribution in [0.1, 0.15) is 24.0 Å². The molecule has 1 saturated heterocycles. The van der Waals surface area contributed by atoms with Gasteiger partial charge in [0, 0.05) is 45.0 Å². The monoisotopic (exact) mass is 414 g/mol. The third-order valence-corrected chi connectivity index (χ3v) is 5.79. The summed E-state index contributed by atoms with van der Waals surface area (Å²) in [4.78, 5) is 22.5.